The number of rotatable bonds is 5. The molecule has 1 N–H and O–H groups in total. The van der Waals surface area contributed by atoms with E-state index in [4.69, 9.17) is 14.2 Å². The van der Waals surface area contributed by atoms with E-state index in [9.17, 15) is 14.4 Å². The molecule has 2 heterocycles. The summed E-state index contributed by atoms with van der Waals surface area (Å²) in [6.45, 7) is 3.63. The summed E-state index contributed by atoms with van der Waals surface area (Å²) in [5.41, 5.74) is 0. The molecular formula is C19H30N2O6. The van der Waals surface area contributed by atoms with E-state index >= 15 is 0 Å². The molecular weight excluding hydrogens is 352 g/mol. The lowest BCUT2D eigenvalue weighted by Crippen LogP contribution is -2.51. The first kappa shape index (κ1) is 20.1. The van der Waals surface area contributed by atoms with Crippen LogP contribution >= 0.6 is 0 Å². The van der Waals surface area contributed by atoms with Gasteiger partial charge in [-0.1, -0.05) is 32.1 Å². The quantitative estimate of drug-likeness (QED) is 0.769. The van der Waals surface area contributed by atoms with Crippen LogP contribution in [-0.4, -0.2) is 73.8 Å². The van der Waals surface area contributed by atoms with Crippen LogP contribution in [0.3, 0.4) is 0 Å². The van der Waals surface area contributed by atoms with Crippen LogP contribution in [0.4, 0.5) is 4.79 Å². The second-order valence-corrected chi connectivity index (χ2v) is 7.68. The lowest BCUT2D eigenvalue weighted by atomic mass is 9.85. The molecule has 2 amide bonds. The molecule has 0 radical (unpaired) electrons. The summed E-state index contributed by atoms with van der Waals surface area (Å²) in [5.74, 6) is -0.190. The highest BCUT2D eigenvalue weighted by Crippen LogP contribution is 2.28. The fraction of sp³-hybridized carbons (Fsp3) is 0.842. The fourth-order valence-corrected chi connectivity index (χ4v) is 3.98. The van der Waals surface area contributed by atoms with Crippen molar-refractivity contribution >= 4 is 17.8 Å². The Kier molecular flexibility index (Phi) is 7.07. The largest absolute Gasteiger partial charge is 0.436 e. The third kappa shape index (κ3) is 5.42. The van der Waals surface area contributed by atoms with Crippen molar-refractivity contribution in [1.29, 1.82) is 0 Å². The van der Waals surface area contributed by atoms with E-state index in [0.717, 1.165) is 25.7 Å². The zero-order chi connectivity index (χ0) is 19.2. The van der Waals surface area contributed by atoms with Gasteiger partial charge < -0.3 is 24.4 Å². The number of hydrogen-bond acceptors (Lipinski definition) is 6. The average Bonchev–Trinajstić information content (AvgIpc) is 3.01. The molecule has 0 spiro atoms. The van der Waals surface area contributed by atoms with Crippen LogP contribution in [0.15, 0.2) is 0 Å². The number of ketones is 1. The second kappa shape index (κ2) is 9.50. The van der Waals surface area contributed by atoms with Gasteiger partial charge in [0.1, 0.15) is 12.6 Å². The first-order valence-electron chi connectivity index (χ1n) is 10.0. The minimum absolute atomic E-state index is 0.00692. The number of ether oxygens (including phenoxy) is 3. The Labute approximate surface area is 159 Å². The maximum Gasteiger partial charge on any atom is 0.410 e. The molecule has 3 fully saturated rings. The van der Waals surface area contributed by atoms with Crippen molar-refractivity contribution in [1.82, 2.24) is 10.2 Å². The summed E-state index contributed by atoms with van der Waals surface area (Å²) < 4.78 is 16.1. The number of hydrogen-bond donors (Lipinski definition) is 1. The number of Topliss-reactive ketones (excluding diaryl/α,β-unsaturated/α-hetero) is 1. The van der Waals surface area contributed by atoms with E-state index in [2.05, 4.69) is 5.32 Å². The van der Waals surface area contributed by atoms with Gasteiger partial charge in [-0.25, -0.2) is 4.79 Å². The zero-order valence-electron chi connectivity index (χ0n) is 16.0. The average molecular weight is 382 g/mol. The molecule has 0 unspecified atom stereocenters. The molecule has 1 aliphatic carbocycles. The van der Waals surface area contributed by atoms with Gasteiger partial charge in [-0.3, -0.25) is 9.59 Å². The Morgan fingerprint density at radius 2 is 1.93 bits per heavy atom. The summed E-state index contributed by atoms with van der Waals surface area (Å²) in [6, 6.07) is -0.673. The van der Waals surface area contributed by atoms with E-state index < -0.39 is 24.1 Å². The maximum absolute atomic E-state index is 12.8. The maximum atomic E-state index is 12.8. The first-order chi connectivity index (χ1) is 13.0. The summed E-state index contributed by atoms with van der Waals surface area (Å²) in [5, 5.41) is 2.74. The molecule has 2 saturated heterocycles. The van der Waals surface area contributed by atoms with Crippen molar-refractivity contribution in [3.63, 3.8) is 0 Å². The predicted octanol–water partition coefficient (Wildman–Crippen LogP) is 1.27. The Hall–Kier alpha value is -1.67. The lowest BCUT2D eigenvalue weighted by molar-refractivity contribution is -0.134. The molecule has 27 heavy (non-hydrogen) atoms. The van der Waals surface area contributed by atoms with Gasteiger partial charge in [0.15, 0.2) is 11.9 Å². The van der Waals surface area contributed by atoms with Crippen molar-refractivity contribution in [2.75, 3.05) is 32.9 Å². The summed E-state index contributed by atoms with van der Waals surface area (Å²) in [6.07, 6.45) is 4.34. The fourth-order valence-electron chi connectivity index (χ4n) is 3.98. The molecule has 0 aromatic carbocycles. The second-order valence-electron chi connectivity index (χ2n) is 7.68. The van der Waals surface area contributed by atoms with Crippen LogP contribution in [0, 0.1) is 5.92 Å². The minimum Gasteiger partial charge on any atom is -0.436 e. The molecule has 0 aromatic heterocycles. The monoisotopic (exact) mass is 382 g/mol. The Balaban J connectivity index is 1.63. The molecule has 8 nitrogen and oxygen atoms in total. The van der Waals surface area contributed by atoms with Crippen molar-refractivity contribution < 1.29 is 28.6 Å². The van der Waals surface area contributed by atoms with Crippen LogP contribution in [0.2, 0.25) is 0 Å². The zero-order valence-corrected chi connectivity index (χ0v) is 16.0. The van der Waals surface area contributed by atoms with Crippen molar-refractivity contribution in [2.45, 2.75) is 63.7 Å². The molecule has 3 rings (SSSR count). The van der Waals surface area contributed by atoms with Crippen LogP contribution < -0.4 is 5.32 Å². The smallest absolute Gasteiger partial charge is 0.410 e. The van der Waals surface area contributed by atoms with Gasteiger partial charge in [-0.15, -0.1) is 0 Å². The predicted molar refractivity (Wildman–Crippen MR) is 96.2 cm³/mol. The lowest BCUT2D eigenvalue weighted by Gasteiger charge is -2.30. The highest BCUT2D eigenvalue weighted by atomic mass is 16.6. The van der Waals surface area contributed by atoms with Gasteiger partial charge in [0, 0.05) is 13.1 Å². The number of carbonyl (C=O) groups excluding carboxylic acids is 3. The third-order valence-electron chi connectivity index (χ3n) is 5.68. The van der Waals surface area contributed by atoms with Gasteiger partial charge in [0.05, 0.1) is 19.3 Å². The highest BCUT2D eigenvalue weighted by molar-refractivity contribution is 5.93. The highest BCUT2D eigenvalue weighted by Gasteiger charge is 2.37. The number of nitrogens with one attached hydrogen (secondary N) is 1. The van der Waals surface area contributed by atoms with E-state index in [-0.39, 0.29) is 18.5 Å². The van der Waals surface area contributed by atoms with Crippen molar-refractivity contribution in [2.24, 2.45) is 5.92 Å². The molecule has 2 aliphatic heterocycles. The molecule has 0 aromatic rings. The molecule has 3 atom stereocenters. The standard InChI is InChI=1S/C19H30N2O6/c1-13-17(15(22)12-26-13)20-18(23)16(11-14-5-3-2-4-6-14)27-19(24)21-7-9-25-10-8-21/h13-14,16-17H,2-12H2,1H3,(H,20,23)/t13-,16-,17-/m0/s1. The van der Waals surface area contributed by atoms with Crippen LogP contribution in [0.25, 0.3) is 0 Å². The number of amides is 2. The van der Waals surface area contributed by atoms with Crippen molar-refractivity contribution in [3.05, 3.63) is 0 Å². The van der Waals surface area contributed by atoms with Gasteiger partial charge in [0.2, 0.25) is 0 Å². The summed E-state index contributed by atoms with van der Waals surface area (Å²) >= 11 is 0. The van der Waals surface area contributed by atoms with Gasteiger partial charge >= 0.3 is 6.09 Å². The van der Waals surface area contributed by atoms with Crippen LogP contribution in [0.5, 0.6) is 0 Å². The van der Waals surface area contributed by atoms with Gasteiger partial charge in [-0.2, -0.15) is 0 Å². The minimum atomic E-state index is -0.885. The van der Waals surface area contributed by atoms with Gasteiger partial charge in [0.25, 0.3) is 5.91 Å². The summed E-state index contributed by atoms with van der Waals surface area (Å²) in [7, 11) is 0. The number of carbonyl (C=O) groups is 3. The third-order valence-corrected chi connectivity index (χ3v) is 5.68. The molecule has 8 heteroatoms. The molecule has 0 bridgehead atoms. The van der Waals surface area contributed by atoms with E-state index in [1.165, 1.54) is 6.42 Å². The Morgan fingerprint density at radius 1 is 1.22 bits per heavy atom. The first-order valence-corrected chi connectivity index (χ1v) is 10.0. The van der Waals surface area contributed by atoms with E-state index in [1.807, 2.05) is 0 Å². The molecule has 1 saturated carbocycles. The summed E-state index contributed by atoms with van der Waals surface area (Å²) in [4.78, 5) is 38.8. The molecule has 3 aliphatic rings. The van der Waals surface area contributed by atoms with Crippen LogP contribution in [-0.2, 0) is 23.8 Å². The van der Waals surface area contributed by atoms with Crippen LogP contribution in [0.1, 0.15) is 45.4 Å². The number of morpholine rings is 1. The van der Waals surface area contributed by atoms with Gasteiger partial charge in [-0.05, 0) is 19.3 Å². The normalized spacial score (nSPS) is 28.0. The Bertz CT molecular complexity index is 542. The molecule has 152 valence electrons. The van der Waals surface area contributed by atoms with E-state index in [1.54, 1.807) is 11.8 Å². The van der Waals surface area contributed by atoms with E-state index in [0.29, 0.717) is 38.6 Å². The Morgan fingerprint density at radius 3 is 2.56 bits per heavy atom. The van der Waals surface area contributed by atoms with Crippen molar-refractivity contribution in [3.8, 4) is 0 Å². The topological polar surface area (TPSA) is 94.2 Å². The SMILES string of the molecule is C[C@@H]1OCC(=O)[C@H]1NC(=O)[C@H](CC1CCCCC1)OC(=O)N1CCOCC1. The number of nitrogens with zero attached hydrogens (tertiary/aromatic N) is 1.